The number of hydrogen-bond donors (Lipinski definition) is 0. The van der Waals surface area contributed by atoms with Gasteiger partial charge in [0.2, 0.25) is 0 Å². The van der Waals surface area contributed by atoms with E-state index in [4.69, 9.17) is 0 Å². The lowest BCUT2D eigenvalue weighted by molar-refractivity contribution is 0.0988. The lowest BCUT2D eigenvalue weighted by Gasteiger charge is -2.25. The van der Waals surface area contributed by atoms with Crippen molar-refractivity contribution in [3.8, 4) is 5.69 Å². The molecule has 0 saturated carbocycles. The molecule has 1 aromatic heterocycles. The van der Waals surface area contributed by atoms with Crippen LogP contribution < -0.4 is 4.90 Å². The quantitative estimate of drug-likeness (QED) is 0.560. The van der Waals surface area contributed by atoms with Gasteiger partial charge in [0, 0.05) is 5.69 Å². The SMILES string of the molecule is O=C1c2nn(-c3ccccc3)nc2C(c2ccccc2)N1c1ccccc1. The second kappa shape index (κ2) is 6.21. The first-order valence-electron chi connectivity index (χ1n) is 8.79. The minimum Gasteiger partial charge on any atom is -0.294 e. The van der Waals surface area contributed by atoms with Gasteiger partial charge in [-0.3, -0.25) is 9.69 Å². The van der Waals surface area contributed by atoms with E-state index in [0.717, 1.165) is 16.9 Å². The lowest BCUT2D eigenvalue weighted by atomic mass is 10.0. The zero-order valence-electron chi connectivity index (χ0n) is 14.4. The van der Waals surface area contributed by atoms with Gasteiger partial charge < -0.3 is 0 Å². The zero-order chi connectivity index (χ0) is 18.2. The van der Waals surface area contributed by atoms with Crippen molar-refractivity contribution in [2.24, 2.45) is 0 Å². The number of benzene rings is 3. The van der Waals surface area contributed by atoms with E-state index in [2.05, 4.69) is 10.2 Å². The molecule has 0 fully saturated rings. The summed E-state index contributed by atoms with van der Waals surface area (Å²) in [5.74, 6) is -0.132. The molecule has 130 valence electrons. The Morgan fingerprint density at radius 2 is 1.22 bits per heavy atom. The molecule has 0 radical (unpaired) electrons. The van der Waals surface area contributed by atoms with Crippen LogP contribution in [-0.2, 0) is 0 Å². The molecule has 4 aromatic rings. The van der Waals surface area contributed by atoms with Crippen molar-refractivity contribution in [1.82, 2.24) is 15.0 Å². The summed E-state index contributed by atoms with van der Waals surface area (Å²) in [5.41, 5.74) is 3.75. The second-order valence-electron chi connectivity index (χ2n) is 6.38. The number of anilines is 1. The monoisotopic (exact) mass is 352 g/mol. The largest absolute Gasteiger partial charge is 0.294 e. The molecule has 0 spiro atoms. The number of amides is 1. The number of rotatable bonds is 3. The molecule has 5 heteroatoms. The van der Waals surface area contributed by atoms with Gasteiger partial charge >= 0.3 is 0 Å². The van der Waals surface area contributed by atoms with Crippen molar-refractivity contribution in [3.05, 3.63) is 108 Å². The molecule has 0 N–H and O–H groups in total. The summed E-state index contributed by atoms with van der Waals surface area (Å²) in [4.78, 5) is 16.6. The maximum absolute atomic E-state index is 13.2. The van der Waals surface area contributed by atoms with E-state index >= 15 is 0 Å². The molecule has 0 aliphatic carbocycles. The molecule has 1 aliphatic rings. The van der Waals surface area contributed by atoms with E-state index in [1.54, 1.807) is 9.70 Å². The normalized spacial score (nSPS) is 15.8. The van der Waals surface area contributed by atoms with Crippen LogP contribution in [0.3, 0.4) is 0 Å². The topological polar surface area (TPSA) is 51.0 Å². The Hall–Kier alpha value is -3.73. The Kier molecular flexibility index (Phi) is 3.57. The van der Waals surface area contributed by atoms with Crippen molar-refractivity contribution >= 4 is 11.6 Å². The summed E-state index contributed by atoms with van der Waals surface area (Å²) in [6, 6.07) is 29.0. The number of carbonyl (C=O) groups is 1. The molecule has 1 unspecified atom stereocenters. The van der Waals surface area contributed by atoms with E-state index in [-0.39, 0.29) is 11.9 Å². The van der Waals surface area contributed by atoms with Gasteiger partial charge in [-0.15, -0.1) is 10.2 Å². The highest BCUT2D eigenvalue weighted by atomic mass is 16.2. The fraction of sp³-hybridized carbons (Fsp3) is 0.0455. The fourth-order valence-corrected chi connectivity index (χ4v) is 3.48. The molecule has 5 nitrogen and oxygen atoms in total. The predicted molar refractivity (Wildman–Crippen MR) is 103 cm³/mol. The maximum atomic E-state index is 13.2. The van der Waals surface area contributed by atoms with Gasteiger partial charge in [-0.05, 0) is 29.8 Å². The molecule has 0 saturated heterocycles. The molecule has 1 aliphatic heterocycles. The zero-order valence-corrected chi connectivity index (χ0v) is 14.4. The van der Waals surface area contributed by atoms with Crippen molar-refractivity contribution in [2.75, 3.05) is 4.90 Å². The van der Waals surface area contributed by atoms with Crippen LogP contribution in [0.2, 0.25) is 0 Å². The summed E-state index contributed by atoms with van der Waals surface area (Å²) in [6.45, 7) is 0. The highest BCUT2D eigenvalue weighted by molar-refractivity contribution is 6.10. The third-order valence-electron chi connectivity index (χ3n) is 4.72. The fourth-order valence-electron chi connectivity index (χ4n) is 3.48. The molecule has 5 rings (SSSR count). The third kappa shape index (κ3) is 2.52. The molecule has 27 heavy (non-hydrogen) atoms. The number of carbonyl (C=O) groups excluding carboxylic acids is 1. The Morgan fingerprint density at radius 3 is 1.85 bits per heavy atom. The van der Waals surface area contributed by atoms with Gasteiger partial charge in [0.1, 0.15) is 11.7 Å². The second-order valence-corrected chi connectivity index (χ2v) is 6.38. The predicted octanol–water partition coefficient (Wildman–Crippen LogP) is 4.02. The lowest BCUT2D eigenvalue weighted by Crippen LogP contribution is -2.29. The number of hydrogen-bond acceptors (Lipinski definition) is 3. The van der Waals surface area contributed by atoms with Gasteiger partial charge in [-0.2, -0.15) is 4.80 Å². The van der Waals surface area contributed by atoms with Crippen LogP contribution in [0.4, 0.5) is 5.69 Å². The number of para-hydroxylation sites is 2. The van der Waals surface area contributed by atoms with E-state index in [0.29, 0.717) is 11.4 Å². The van der Waals surface area contributed by atoms with Crippen molar-refractivity contribution in [1.29, 1.82) is 0 Å². The van der Waals surface area contributed by atoms with Crippen LogP contribution in [0.25, 0.3) is 5.69 Å². The van der Waals surface area contributed by atoms with Gasteiger partial charge in [-0.1, -0.05) is 66.7 Å². The summed E-state index contributed by atoms with van der Waals surface area (Å²) in [5, 5.41) is 9.20. The first kappa shape index (κ1) is 15.5. The molecular formula is C22H16N4O. The smallest absolute Gasteiger partial charge is 0.281 e. The average Bonchev–Trinajstić information content (AvgIpc) is 3.28. The maximum Gasteiger partial charge on any atom is 0.281 e. The summed E-state index contributed by atoms with van der Waals surface area (Å²) < 4.78 is 0. The summed E-state index contributed by atoms with van der Waals surface area (Å²) in [7, 11) is 0. The number of fused-ring (bicyclic) bond motifs is 1. The highest BCUT2D eigenvalue weighted by Crippen LogP contribution is 2.39. The van der Waals surface area contributed by atoms with Gasteiger partial charge in [0.05, 0.1) is 5.69 Å². The van der Waals surface area contributed by atoms with Gasteiger partial charge in [0.25, 0.3) is 5.91 Å². The van der Waals surface area contributed by atoms with E-state index in [9.17, 15) is 4.79 Å². The van der Waals surface area contributed by atoms with Crippen LogP contribution in [0.5, 0.6) is 0 Å². The molecular weight excluding hydrogens is 336 g/mol. The average molecular weight is 352 g/mol. The Labute approximate surface area is 156 Å². The summed E-state index contributed by atoms with van der Waals surface area (Å²) >= 11 is 0. The Bertz CT molecular complexity index is 1090. The van der Waals surface area contributed by atoms with Crippen LogP contribution in [-0.4, -0.2) is 20.9 Å². The van der Waals surface area contributed by atoms with Crippen LogP contribution >= 0.6 is 0 Å². The molecule has 3 aromatic carbocycles. The number of nitrogens with zero attached hydrogens (tertiary/aromatic N) is 4. The molecule has 2 heterocycles. The summed E-state index contributed by atoms with van der Waals surface area (Å²) in [6.07, 6.45) is 0. The Balaban J connectivity index is 1.67. The van der Waals surface area contributed by atoms with E-state index in [1.165, 1.54) is 0 Å². The van der Waals surface area contributed by atoms with Gasteiger partial charge in [0.15, 0.2) is 5.69 Å². The standard InChI is InChI=1S/C22H16N4O/c27-22-20-19(23-26(24-20)18-14-8-3-9-15-18)21(16-10-4-1-5-11-16)25(22)17-12-6-2-7-13-17/h1-15,21H. The van der Waals surface area contributed by atoms with Crippen LogP contribution in [0.15, 0.2) is 91.0 Å². The molecule has 1 amide bonds. The first-order valence-corrected chi connectivity index (χ1v) is 8.79. The number of aromatic nitrogens is 3. The molecule has 1 atom stereocenters. The van der Waals surface area contributed by atoms with Crippen molar-refractivity contribution < 1.29 is 4.79 Å². The van der Waals surface area contributed by atoms with Gasteiger partial charge in [-0.25, -0.2) is 0 Å². The van der Waals surface area contributed by atoms with E-state index < -0.39 is 0 Å². The van der Waals surface area contributed by atoms with Crippen LogP contribution in [0, 0.1) is 0 Å². The molecule has 0 bridgehead atoms. The minimum atomic E-state index is -0.298. The Morgan fingerprint density at radius 1 is 0.667 bits per heavy atom. The van der Waals surface area contributed by atoms with Crippen molar-refractivity contribution in [3.63, 3.8) is 0 Å². The van der Waals surface area contributed by atoms with Crippen molar-refractivity contribution in [2.45, 2.75) is 6.04 Å². The van der Waals surface area contributed by atoms with Crippen LogP contribution in [0.1, 0.15) is 27.8 Å². The minimum absolute atomic E-state index is 0.132. The first-order chi connectivity index (χ1) is 13.3. The third-order valence-corrected chi connectivity index (χ3v) is 4.72. The van der Waals surface area contributed by atoms with E-state index in [1.807, 2.05) is 91.0 Å². The highest BCUT2D eigenvalue weighted by Gasteiger charge is 2.43.